The van der Waals surface area contributed by atoms with Crippen LogP contribution in [0.25, 0.3) is 0 Å². The minimum absolute atomic E-state index is 0.205. The number of anilines is 1. The van der Waals surface area contributed by atoms with Crippen LogP contribution in [0, 0.1) is 5.41 Å². The molecule has 0 bridgehead atoms. The van der Waals surface area contributed by atoms with Gasteiger partial charge in [0.1, 0.15) is 17.2 Å². The van der Waals surface area contributed by atoms with Crippen molar-refractivity contribution in [3.8, 4) is 0 Å². The second kappa shape index (κ2) is 3.98. The van der Waals surface area contributed by atoms with Gasteiger partial charge >= 0.3 is 5.97 Å². The number of carbonyl (C=O) groups excluding carboxylic acids is 1. The molecule has 0 aromatic carbocycles. The van der Waals surface area contributed by atoms with Gasteiger partial charge in [-0.3, -0.25) is 0 Å². The fraction of sp³-hybridized carbons (Fsp3) is 0.583. The van der Waals surface area contributed by atoms with E-state index in [-0.39, 0.29) is 16.8 Å². The number of carbonyl (C=O) groups is 1. The molecule has 1 fully saturated rings. The largest absolute Gasteiger partial charge is 0.462 e. The number of ether oxygens (including phenoxy) is 1. The number of nitrogens with two attached hydrogens (primary N) is 1. The highest BCUT2D eigenvalue weighted by molar-refractivity contribution is 5.93. The Morgan fingerprint density at radius 2 is 2.29 bits per heavy atom. The summed E-state index contributed by atoms with van der Waals surface area (Å²) in [5, 5.41) is 0. The van der Waals surface area contributed by atoms with Crippen molar-refractivity contribution in [2.45, 2.75) is 33.1 Å². The lowest BCUT2D eigenvalue weighted by Crippen LogP contribution is -2.12. The van der Waals surface area contributed by atoms with Gasteiger partial charge in [-0.2, -0.15) is 0 Å². The van der Waals surface area contributed by atoms with Gasteiger partial charge in [-0.25, -0.2) is 14.8 Å². The van der Waals surface area contributed by atoms with E-state index in [9.17, 15) is 4.79 Å². The average Bonchev–Trinajstić information content (AvgIpc) is 2.88. The maximum absolute atomic E-state index is 11.5. The fourth-order valence-electron chi connectivity index (χ4n) is 1.85. The van der Waals surface area contributed by atoms with Crippen molar-refractivity contribution in [3.05, 3.63) is 17.6 Å². The highest BCUT2D eigenvalue weighted by Crippen LogP contribution is 2.57. The second-order valence-corrected chi connectivity index (χ2v) is 4.99. The van der Waals surface area contributed by atoms with E-state index in [1.807, 2.05) is 0 Å². The normalized spacial score (nSPS) is 21.0. The van der Waals surface area contributed by atoms with Crippen LogP contribution >= 0.6 is 0 Å². The lowest BCUT2D eigenvalue weighted by atomic mass is 10.1. The van der Waals surface area contributed by atoms with E-state index in [4.69, 9.17) is 10.5 Å². The Balaban J connectivity index is 2.21. The summed E-state index contributed by atoms with van der Waals surface area (Å²) in [5.41, 5.74) is 6.25. The third-order valence-electron chi connectivity index (χ3n) is 3.16. The summed E-state index contributed by atoms with van der Waals surface area (Å²) in [6, 6.07) is 0. The molecule has 1 aliphatic rings. The van der Waals surface area contributed by atoms with Crippen LogP contribution < -0.4 is 5.73 Å². The van der Waals surface area contributed by atoms with Gasteiger partial charge in [0.15, 0.2) is 0 Å². The van der Waals surface area contributed by atoms with Crippen molar-refractivity contribution in [3.63, 3.8) is 0 Å². The minimum atomic E-state index is -0.466. The number of aromatic nitrogens is 2. The molecule has 2 N–H and O–H groups in total. The molecule has 0 aliphatic heterocycles. The molecule has 17 heavy (non-hydrogen) atoms. The van der Waals surface area contributed by atoms with Crippen LogP contribution in [0.4, 0.5) is 5.82 Å². The molecule has 0 radical (unpaired) electrons. The van der Waals surface area contributed by atoms with Crippen LogP contribution in [0.1, 0.15) is 49.3 Å². The molecule has 2 rings (SSSR count). The van der Waals surface area contributed by atoms with E-state index in [2.05, 4.69) is 23.8 Å². The molecule has 0 saturated heterocycles. The van der Waals surface area contributed by atoms with Gasteiger partial charge in [0.25, 0.3) is 0 Å². The van der Waals surface area contributed by atoms with Crippen LogP contribution in [-0.2, 0) is 4.74 Å². The highest BCUT2D eigenvalue weighted by Gasteiger charge is 2.48. The van der Waals surface area contributed by atoms with Crippen LogP contribution in [0.5, 0.6) is 0 Å². The van der Waals surface area contributed by atoms with Gasteiger partial charge in [-0.05, 0) is 18.8 Å². The summed E-state index contributed by atoms with van der Waals surface area (Å²) in [5.74, 6) is 0.810. The molecule has 5 nitrogen and oxygen atoms in total. The van der Waals surface area contributed by atoms with Gasteiger partial charge < -0.3 is 10.5 Å². The predicted molar refractivity (Wildman–Crippen MR) is 63.5 cm³/mol. The third kappa shape index (κ3) is 2.23. The molecule has 1 aromatic rings. The quantitative estimate of drug-likeness (QED) is 0.807. The van der Waals surface area contributed by atoms with Crippen molar-refractivity contribution in [1.82, 2.24) is 9.97 Å². The zero-order valence-corrected chi connectivity index (χ0v) is 10.4. The first-order valence-electron chi connectivity index (χ1n) is 5.75. The lowest BCUT2D eigenvalue weighted by Gasteiger charge is -2.07. The Morgan fingerprint density at radius 3 is 2.76 bits per heavy atom. The monoisotopic (exact) mass is 235 g/mol. The van der Waals surface area contributed by atoms with Gasteiger partial charge in [0, 0.05) is 12.1 Å². The lowest BCUT2D eigenvalue weighted by molar-refractivity contribution is 0.0526. The van der Waals surface area contributed by atoms with E-state index in [0.717, 1.165) is 12.2 Å². The Labute approximate surface area is 100 Å². The zero-order chi connectivity index (χ0) is 12.6. The molecule has 1 atom stereocenters. The Hall–Kier alpha value is -1.65. The van der Waals surface area contributed by atoms with Crippen LogP contribution in [0.15, 0.2) is 6.20 Å². The summed E-state index contributed by atoms with van der Waals surface area (Å²) in [7, 11) is 0. The molecule has 1 aromatic heterocycles. The number of hydrogen-bond acceptors (Lipinski definition) is 5. The molecule has 1 saturated carbocycles. The Morgan fingerprint density at radius 1 is 1.65 bits per heavy atom. The van der Waals surface area contributed by atoms with Crippen LogP contribution in [-0.4, -0.2) is 22.5 Å². The van der Waals surface area contributed by atoms with Gasteiger partial charge in [-0.15, -0.1) is 0 Å². The summed E-state index contributed by atoms with van der Waals surface area (Å²) < 4.78 is 4.87. The number of rotatable bonds is 3. The molecule has 1 heterocycles. The standard InChI is InChI=1S/C12H17N3O2/c1-4-17-11(16)7-6-14-10(15-9(7)13)8-5-12(8,2)3/h6,8H,4-5H2,1-3H3,(H2,13,14,15). The number of hydrogen-bond donors (Lipinski definition) is 1. The molecular weight excluding hydrogens is 218 g/mol. The van der Waals surface area contributed by atoms with Gasteiger partial charge in [0.2, 0.25) is 0 Å². The van der Waals surface area contributed by atoms with E-state index >= 15 is 0 Å². The number of esters is 1. The predicted octanol–water partition coefficient (Wildman–Crippen LogP) is 1.75. The summed E-state index contributed by atoms with van der Waals surface area (Å²) >= 11 is 0. The summed E-state index contributed by atoms with van der Waals surface area (Å²) in [6.45, 7) is 6.39. The summed E-state index contributed by atoms with van der Waals surface area (Å²) in [6.07, 6.45) is 2.52. The smallest absolute Gasteiger partial charge is 0.343 e. The minimum Gasteiger partial charge on any atom is -0.462 e. The van der Waals surface area contributed by atoms with Crippen molar-refractivity contribution in [2.24, 2.45) is 5.41 Å². The van der Waals surface area contributed by atoms with E-state index in [0.29, 0.717) is 12.5 Å². The summed E-state index contributed by atoms with van der Waals surface area (Å²) in [4.78, 5) is 19.9. The molecule has 92 valence electrons. The second-order valence-electron chi connectivity index (χ2n) is 4.99. The van der Waals surface area contributed by atoms with E-state index in [1.54, 1.807) is 6.92 Å². The first-order valence-corrected chi connectivity index (χ1v) is 5.75. The SMILES string of the molecule is CCOC(=O)c1cnc(C2CC2(C)C)nc1N. The van der Waals surface area contributed by atoms with E-state index in [1.165, 1.54) is 6.20 Å². The molecule has 1 unspecified atom stereocenters. The Kier molecular flexibility index (Phi) is 2.77. The fourth-order valence-corrected chi connectivity index (χ4v) is 1.85. The van der Waals surface area contributed by atoms with E-state index < -0.39 is 5.97 Å². The van der Waals surface area contributed by atoms with Crippen LogP contribution in [0.3, 0.4) is 0 Å². The molecular formula is C12H17N3O2. The van der Waals surface area contributed by atoms with Crippen LogP contribution in [0.2, 0.25) is 0 Å². The van der Waals surface area contributed by atoms with Gasteiger partial charge in [0.05, 0.1) is 6.61 Å². The van der Waals surface area contributed by atoms with Crippen molar-refractivity contribution in [2.75, 3.05) is 12.3 Å². The van der Waals surface area contributed by atoms with Crippen molar-refractivity contribution < 1.29 is 9.53 Å². The highest BCUT2D eigenvalue weighted by atomic mass is 16.5. The molecule has 5 heteroatoms. The van der Waals surface area contributed by atoms with Gasteiger partial charge in [-0.1, -0.05) is 13.8 Å². The first-order chi connectivity index (χ1) is 7.95. The average molecular weight is 235 g/mol. The van der Waals surface area contributed by atoms with Crippen molar-refractivity contribution in [1.29, 1.82) is 0 Å². The van der Waals surface area contributed by atoms with Crippen molar-refractivity contribution >= 4 is 11.8 Å². The first kappa shape index (κ1) is 11.8. The number of nitrogens with zero attached hydrogens (tertiary/aromatic N) is 2. The molecule has 1 aliphatic carbocycles. The maximum Gasteiger partial charge on any atom is 0.343 e. The maximum atomic E-state index is 11.5. The molecule has 0 spiro atoms. The number of nitrogen functional groups attached to an aromatic ring is 1. The Bertz CT molecular complexity index is 457. The zero-order valence-electron chi connectivity index (χ0n) is 10.4. The topological polar surface area (TPSA) is 78.1 Å². The molecule has 0 amide bonds. The third-order valence-corrected chi connectivity index (χ3v) is 3.16.